The summed E-state index contributed by atoms with van der Waals surface area (Å²) in [6.45, 7) is 0. The third-order valence-corrected chi connectivity index (χ3v) is 4.21. The van der Waals surface area contributed by atoms with E-state index in [4.69, 9.17) is 0 Å². The van der Waals surface area contributed by atoms with Gasteiger partial charge >= 0.3 is 0 Å². The van der Waals surface area contributed by atoms with Crippen molar-refractivity contribution in [2.75, 3.05) is 0 Å². The minimum Gasteiger partial charge on any atom is -0.299 e. The SMILES string of the molecule is O=c1nc2ccccn2c2c1sc1ccccc12. The van der Waals surface area contributed by atoms with Crippen molar-refractivity contribution in [3.05, 3.63) is 59.0 Å². The van der Waals surface area contributed by atoms with Crippen LogP contribution in [0.25, 0.3) is 25.9 Å². The van der Waals surface area contributed by atoms with Crippen molar-refractivity contribution in [1.82, 2.24) is 9.38 Å². The molecule has 4 aromatic rings. The van der Waals surface area contributed by atoms with Crippen molar-refractivity contribution < 1.29 is 0 Å². The Morgan fingerprint density at radius 3 is 2.83 bits per heavy atom. The van der Waals surface area contributed by atoms with E-state index in [-0.39, 0.29) is 5.56 Å². The first-order valence-electron chi connectivity index (χ1n) is 5.63. The molecule has 1 aromatic carbocycles. The summed E-state index contributed by atoms with van der Waals surface area (Å²) in [5.41, 5.74) is 1.52. The number of fused-ring (bicyclic) bond motifs is 5. The predicted octanol–water partition coefficient (Wildman–Crippen LogP) is 3.06. The molecule has 0 N–H and O–H groups in total. The molecule has 0 aliphatic heterocycles. The van der Waals surface area contributed by atoms with Gasteiger partial charge < -0.3 is 0 Å². The molecule has 0 fully saturated rings. The van der Waals surface area contributed by atoms with E-state index in [1.165, 1.54) is 11.3 Å². The maximum atomic E-state index is 12.0. The Kier molecular flexibility index (Phi) is 1.85. The topological polar surface area (TPSA) is 34.4 Å². The highest BCUT2D eigenvalue weighted by Gasteiger charge is 2.11. The van der Waals surface area contributed by atoms with Gasteiger partial charge in [-0.2, -0.15) is 4.98 Å². The van der Waals surface area contributed by atoms with Crippen molar-refractivity contribution in [3.8, 4) is 0 Å². The smallest absolute Gasteiger partial charge is 0.291 e. The Balaban J connectivity index is 2.45. The molecule has 0 aliphatic rings. The number of benzene rings is 1. The molecule has 3 nitrogen and oxygen atoms in total. The van der Waals surface area contributed by atoms with Gasteiger partial charge in [-0.1, -0.05) is 24.3 Å². The summed E-state index contributed by atoms with van der Waals surface area (Å²) in [6, 6.07) is 13.8. The molecule has 0 amide bonds. The lowest BCUT2D eigenvalue weighted by atomic mass is 10.2. The summed E-state index contributed by atoms with van der Waals surface area (Å²) in [4.78, 5) is 16.2. The van der Waals surface area contributed by atoms with Gasteiger partial charge in [0.25, 0.3) is 5.56 Å². The average molecular weight is 252 g/mol. The van der Waals surface area contributed by atoms with Gasteiger partial charge in [0, 0.05) is 16.3 Å². The van der Waals surface area contributed by atoms with Crippen molar-refractivity contribution in [1.29, 1.82) is 0 Å². The summed E-state index contributed by atoms with van der Waals surface area (Å²) < 4.78 is 3.82. The van der Waals surface area contributed by atoms with Gasteiger partial charge in [0.05, 0.1) is 5.52 Å². The normalized spacial score (nSPS) is 11.6. The molecule has 0 radical (unpaired) electrons. The second-order valence-electron chi connectivity index (χ2n) is 4.12. The van der Waals surface area contributed by atoms with Crippen LogP contribution in [0.1, 0.15) is 0 Å². The number of aromatic nitrogens is 2. The van der Waals surface area contributed by atoms with E-state index in [1.54, 1.807) is 0 Å². The Morgan fingerprint density at radius 2 is 1.89 bits per heavy atom. The number of thiophene rings is 1. The fourth-order valence-electron chi connectivity index (χ4n) is 2.29. The second kappa shape index (κ2) is 3.40. The Hall–Kier alpha value is -2.20. The van der Waals surface area contributed by atoms with E-state index >= 15 is 0 Å². The van der Waals surface area contributed by atoms with Crippen LogP contribution in [0.5, 0.6) is 0 Å². The molecular formula is C14H8N2OS. The van der Waals surface area contributed by atoms with Crippen LogP contribution < -0.4 is 5.56 Å². The standard InChI is InChI=1S/C14H8N2OS/c17-14-13-12(9-5-1-2-6-10(9)18-13)16-8-4-3-7-11(16)15-14/h1-8H. The first-order valence-corrected chi connectivity index (χ1v) is 6.45. The molecule has 18 heavy (non-hydrogen) atoms. The quantitative estimate of drug-likeness (QED) is 0.482. The maximum Gasteiger partial charge on any atom is 0.291 e. The first-order chi connectivity index (χ1) is 8.84. The van der Waals surface area contributed by atoms with Crippen LogP contribution in [-0.4, -0.2) is 9.38 Å². The highest BCUT2D eigenvalue weighted by Crippen LogP contribution is 2.31. The fourth-order valence-corrected chi connectivity index (χ4v) is 3.36. The van der Waals surface area contributed by atoms with Crippen LogP contribution in [0.2, 0.25) is 0 Å². The lowest BCUT2D eigenvalue weighted by Gasteiger charge is -2.01. The molecule has 0 spiro atoms. The monoisotopic (exact) mass is 252 g/mol. The van der Waals surface area contributed by atoms with Crippen LogP contribution in [0.3, 0.4) is 0 Å². The highest BCUT2D eigenvalue weighted by atomic mass is 32.1. The molecule has 3 heterocycles. The van der Waals surface area contributed by atoms with Gasteiger partial charge in [-0.3, -0.25) is 9.20 Å². The van der Waals surface area contributed by atoms with Gasteiger partial charge in [-0.25, -0.2) is 0 Å². The minimum atomic E-state index is -0.141. The molecule has 0 saturated heterocycles. The molecule has 0 bridgehead atoms. The number of hydrogen-bond donors (Lipinski definition) is 0. The number of pyridine rings is 1. The van der Waals surface area contributed by atoms with Gasteiger partial charge in [0.1, 0.15) is 10.3 Å². The van der Waals surface area contributed by atoms with E-state index in [1.807, 2.05) is 53.1 Å². The molecular weight excluding hydrogens is 244 g/mol. The van der Waals surface area contributed by atoms with E-state index in [0.717, 1.165) is 20.3 Å². The van der Waals surface area contributed by atoms with Gasteiger partial charge in [-0.05, 0) is 18.2 Å². The first kappa shape index (κ1) is 9.79. The van der Waals surface area contributed by atoms with Crippen LogP contribution in [-0.2, 0) is 0 Å². The van der Waals surface area contributed by atoms with E-state index in [0.29, 0.717) is 5.65 Å². The second-order valence-corrected chi connectivity index (χ2v) is 5.17. The minimum absolute atomic E-state index is 0.141. The van der Waals surface area contributed by atoms with Crippen LogP contribution in [0, 0.1) is 0 Å². The van der Waals surface area contributed by atoms with Crippen LogP contribution in [0.15, 0.2) is 53.5 Å². The zero-order valence-corrected chi connectivity index (χ0v) is 10.1. The molecule has 4 heteroatoms. The molecule has 4 rings (SSSR count). The Morgan fingerprint density at radius 1 is 1.06 bits per heavy atom. The lowest BCUT2D eigenvalue weighted by molar-refractivity contribution is 1.15. The largest absolute Gasteiger partial charge is 0.299 e. The fraction of sp³-hybridized carbons (Fsp3) is 0. The van der Waals surface area contributed by atoms with E-state index < -0.39 is 0 Å². The zero-order valence-electron chi connectivity index (χ0n) is 9.33. The summed E-state index contributed by atoms with van der Waals surface area (Å²) in [6.07, 6.45) is 1.95. The predicted molar refractivity (Wildman–Crippen MR) is 74.4 cm³/mol. The third kappa shape index (κ3) is 1.18. The molecule has 0 aliphatic carbocycles. The third-order valence-electron chi connectivity index (χ3n) is 3.06. The number of rotatable bonds is 0. The van der Waals surface area contributed by atoms with Crippen molar-refractivity contribution >= 4 is 37.3 Å². The number of nitrogens with zero attached hydrogens (tertiary/aromatic N) is 2. The van der Waals surface area contributed by atoms with Gasteiger partial charge in [-0.15, -0.1) is 11.3 Å². The molecule has 86 valence electrons. The molecule has 0 unspecified atom stereocenters. The molecule has 0 atom stereocenters. The average Bonchev–Trinajstić information content (AvgIpc) is 2.79. The zero-order chi connectivity index (χ0) is 12.1. The summed E-state index contributed by atoms with van der Waals surface area (Å²) in [7, 11) is 0. The van der Waals surface area contributed by atoms with Gasteiger partial charge in [0.2, 0.25) is 0 Å². The highest BCUT2D eigenvalue weighted by molar-refractivity contribution is 7.25. The summed E-state index contributed by atoms with van der Waals surface area (Å²) >= 11 is 1.51. The maximum absolute atomic E-state index is 12.0. The Labute approximate surface area is 106 Å². The summed E-state index contributed by atoms with van der Waals surface area (Å²) in [5.74, 6) is 0. The van der Waals surface area contributed by atoms with Crippen LogP contribution in [0.4, 0.5) is 0 Å². The summed E-state index contributed by atoms with van der Waals surface area (Å²) in [5, 5.41) is 1.11. The van der Waals surface area contributed by atoms with Gasteiger partial charge in [0.15, 0.2) is 0 Å². The molecule has 3 aromatic heterocycles. The van der Waals surface area contributed by atoms with Crippen molar-refractivity contribution in [2.24, 2.45) is 0 Å². The molecule has 0 saturated carbocycles. The van der Waals surface area contributed by atoms with Crippen molar-refractivity contribution in [3.63, 3.8) is 0 Å². The number of hydrogen-bond acceptors (Lipinski definition) is 3. The van der Waals surface area contributed by atoms with E-state index in [2.05, 4.69) is 4.98 Å². The lowest BCUT2D eigenvalue weighted by Crippen LogP contribution is -2.08. The Bertz CT molecular complexity index is 952. The van der Waals surface area contributed by atoms with Crippen LogP contribution >= 0.6 is 11.3 Å². The van der Waals surface area contributed by atoms with E-state index in [9.17, 15) is 4.79 Å². The van der Waals surface area contributed by atoms with Crippen molar-refractivity contribution in [2.45, 2.75) is 0 Å².